The molecule has 2 aliphatic heterocycles. The van der Waals surface area contributed by atoms with Gasteiger partial charge in [-0.15, -0.1) is 0 Å². The molecule has 0 saturated carbocycles. The van der Waals surface area contributed by atoms with Crippen molar-refractivity contribution in [3.8, 4) is 23.0 Å². The minimum absolute atomic E-state index is 0.0532. The molecule has 3 aromatic rings. The standard InChI is InChI=1S/C22H23F3N6O3/c23-22(24,25)12-30-21(26-13-27-30)17-10-16-5-8-34-19-2-1-15(9-18(19)31(16)28-17)14-3-6-29(7-4-14)20(33)11-32/h1-2,9-10,13-14,32H,3-8,11-12H2. The maximum atomic E-state index is 12.9. The Morgan fingerprint density at radius 3 is 2.74 bits per heavy atom. The molecule has 0 radical (unpaired) electrons. The van der Waals surface area contributed by atoms with Crippen LogP contribution in [-0.4, -0.2) is 72.9 Å². The number of nitrogens with zero attached hydrogens (tertiary/aromatic N) is 6. The van der Waals surface area contributed by atoms with Gasteiger partial charge in [0.15, 0.2) is 5.82 Å². The van der Waals surface area contributed by atoms with Crippen LogP contribution in [-0.2, 0) is 17.8 Å². The van der Waals surface area contributed by atoms with Gasteiger partial charge in [-0.05, 0) is 42.5 Å². The Morgan fingerprint density at radius 1 is 1.21 bits per heavy atom. The van der Waals surface area contributed by atoms with Crippen molar-refractivity contribution in [2.75, 3.05) is 26.3 Å². The lowest BCUT2D eigenvalue weighted by Gasteiger charge is -2.32. The van der Waals surface area contributed by atoms with E-state index < -0.39 is 19.3 Å². The number of aliphatic hydroxyl groups excluding tert-OH is 1. The predicted octanol–water partition coefficient (Wildman–Crippen LogP) is 2.33. The molecule has 5 rings (SSSR count). The van der Waals surface area contributed by atoms with E-state index in [0.29, 0.717) is 43.2 Å². The monoisotopic (exact) mass is 476 g/mol. The van der Waals surface area contributed by atoms with Crippen molar-refractivity contribution in [1.82, 2.24) is 29.4 Å². The number of carbonyl (C=O) groups is 1. The average molecular weight is 476 g/mol. The van der Waals surface area contributed by atoms with E-state index >= 15 is 0 Å². The molecule has 0 unspecified atom stereocenters. The van der Waals surface area contributed by atoms with Gasteiger partial charge in [0.1, 0.15) is 36.6 Å². The number of benzene rings is 1. The Kier molecular flexibility index (Phi) is 5.76. The zero-order chi connectivity index (χ0) is 23.9. The molecule has 2 aromatic heterocycles. The van der Waals surface area contributed by atoms with Gasteiger partial charge in [0, 0.05) is 25.2 Å². The van der Waals surface area contributed by atoms with Gasteiger partial charge in [0.05, 0.1) is 6.61 Å². The minimum Gasteiger partial charge on any atom is -0.491 e. The zero-order valence-electron chi connectivity index (χ0n) is 18.2. The molecule has 0 aliphatic carbocycles. The first kappa shape index (κ1) is 22.4. The lowest BCUT2D eigenvalue weighted by atomic mass is 9.89. The molecule has 0 atom stereocenters. The molecule has 0 spiro atoms. The normalized spacial score (nSPS) is 16.5. The SMILES string of the molecule is O=C(CO)N1CCC(c2ccc3c(c2)-n2nc(-c4ncnn4CC(F)(F)F)cc2CCO3)CC1. The Bertz CT molecular complexity index is 1200. The first-order chi connectivity index (χ1) is 16.3. The third-order valence-electron chi connectivity index (χ3n) is 6.24. The predicted molar refractivity (Wildman–Crippen MR) is 113 cm³/mol. The number of fused-ring (bicyclic) bond motifs is 3. The van der Waals surface area contributed by atoms with E-state index in [9.17, 15) is 18.0 Å². The summed E-state index contributed by atoms with van der Waals surface area (Å²) in [5.74, 6) is 0.657. The summed E-state index contributed by atoms with van der Waals surface area (Å²) in [4.78, 5) is 17.4. The molecule has 1 N–H and O–H groups in total. The number of hydrogen-bond donors (Lipinski definition) is 1. The van der Waals surface area contributed by atoms with Crippen LogP contribution in [0.5, 0.6) is 5.75 Å². The molecule has 1 aromatic carbocycles. The molecule has 180 valence electrons. The highest BCUT2D eigenvalue weighted by atomic mass is 19.4. The number of amides is 1. The van der Waals surface area contributed by atoms with E-state index in [-0.39, 0.29) is 17.6 Å². The minimum atomic E-state index is -4.42. The van der Waals surface area contributed by atoms with Crippen molar-refractivity contribution < 1.29 is 27.8 Å². The van der Waals surface area contributed by atoms with Crippen LogP contribution in [0, 0.1) is 0 Å². The van der Waals surface area contributed by atoms with Gasteiger partial charge in [-0.3, -0.25) is 4.79 Å². The van der Waals surface area contributed by atoms with Crippen LogP contribution in [0.15, 0.2) is 30.6 Å². The number of alkyl halides is 3. The maximum absolute atomic E-state index is 12.9. The van der Waals surface area contributed by atoms with Crippen LogP contribution >= 0.6 is 0 Å². The van der Waals surface area contributed by atoms with Crippen LogP contribution in [0.25, 0.3) is 17.2 Å². The van der Waals surface area contributed by atoms with Crippen molar-refractivity contribution in [2.45, 2.75) is 37.9 Å². The van der Waals surface area contributed by atoms with Gasteiger partial charge in [0.25, 0.3) is 0 Å². The molecule has 12 heteroatoms. The number of ether oxygens (including phenoxy) is 1. The second-order valence-electron chi connectivity index (χ2n) is 8.43. The van der Waals surface area contributed by atoms with Crippen LogP contribution in [0.1, 0.15) is 30.0 Å². The zero-order valence-corrected chi connectivity index (χ0v) is 18.2. The summed E-state index contributed by atoms with van der Waals surface area (Å²) in [6.07, 6.45) is -1.26. The average Bonchev–Trinajstić information content (AvgIpc) is 3.40. The number of aromatic nitrogens is 5. The summed E-state index contributed by atoms with van der Waals surface area (Å²) < 4.78 is 47.2. The number of halogens is 3. The van der Waals surface area contributed by atoms with E-state index in [0.717, 1.165) is 35.1 Å². The highest BCUT2D eigenvalue weighted by molar-refractivity contribution is 5.77. The number of hydrogen-bond acceptors (Lipinski definition) is 6. The Hall–Kier alpha value is -3.41. The molecule has 2 aliphatic rings. The number of likely N-dealkylation sites (tertiary alicyclic amines) is 1. The van der Waals surface area contributed by atoms with Gasteiger partial charge in [-0.2, -0.15) is 23.4 Å². The maximum Gasteiger partial charge on any atom is 0.408 e. The summed E-state index contributed by atoms with van der Waals surface area (Å²) >= 11 is 0. The number of aliphatic hydroxyl groups is 1. The quantitative estimate of drug-likeness (QED) is 0.621. The highest BCUT2D eigenvalue weighted by Gasteiger charge is 2.31. The fraction of sp³-hybridized carbons (Fsp3) is 0.455. The summed E-state index contributed by atoms with van der Waals surface area (Å²) in [5.41, 5.74) is 2.90. The summed E-state index contributed by atoms with van der Waals surface area (Å²) in [7, 11) is 0. The first-order valence-electron chi connectivity index (χ1n) is 11.0. The molecule has 4 heterocycles. The van der Waals surface area contributed by atoms with Crippen LogP contribution in [0.2, 0.25) is 0 Å². The van der Waals surface area contributed by atoms with Gasteiger partial charge < -0.3 is 14.7 Å². The van der Waals surface area contributed by atoms with Gasteiger partial charge >= 0.3 is 6.18 Å². The Labute approximate surface area is 192 Å². The van der Waals surface area contributed by atoms with Crippen molar-refractivity contribution in [3.05, 3.63) is 41.9 Å². The molecule has 34 heavy (non-hydrogen) atoms. The van der Waals surface area contributed by atoms with E-state index in [4.69, 9.17) is 9.84 Å². The van der Waals surface area contributed by atoms with Gasteiger partial charge in [-0.25, -0.2) is 14.3 Å². The molecular formula is C22H23F3N6O3. The fourth-order valence-electron chi connectivity index (χ4n) is 4.57. The van der Waals surface area contributed by atoms with Crippen LogP contribution in [0.3, 0.4) is 0 Å². The third kappa shape index (κ3) is 4.37. The van der Waals surface area contributed by atoms with Gasteiger partial charge in [-0.1, -0.05) is 6.07 Å². The van der Waals surface area contributed by atoms with E-state index in [1.807, 2.05) is 18.2 Å². The number of rotatable bonds is 4. The lowest BCUT2D eigenvalue weighted by Crippen LogP contribution is -2.39. The van der Waals surface area contributed by atoms with Crippen molar-refractivity contribution in [1.29, 1.82) is 0 Å². The van der Waals surface area contributed by atoms with Crippen LogP contribution < -0.4 is 4.74 Å². The summed E-state index contributed by atoms with van der Waals surface area (Å²) in [6.45, 7) is -0.171. The number of carbonyl (C=O) groups excluding carboxylic acids is 1. The van der Waals surface area contributed by atoms with Crippen molar-refractivity contribution in [2.24, 2.45) is 0 Å². The first-order valence-corrected chi connectivity index (χ1v) is 11.0. The van der Waals surface area contributed by atoms with Crippen LogP contribution in [0.4, 0.5) is 13.2 Å². The third-order valence-corrected chi connectivity index (χ3v) is 6.24. The van der Waals surface area contributed by atoms with E-state index in [1.54, 1.807) is 15.6 Å². The van der Waals surface area contributed by atoms with E-state index in [2.05, 4.69) is 15.2 Å². The second-order valence-corrected chi connectivity index (χ2v) is 8.43. The van der Waals surface area contributed by atoms with E-state index in [1.165, 1.54) is 0 Å². The number of piperidine rings is 1. The molecule has 1 fully saturated rings. The van der Waals surface area contributed by atoms with Crippen molar-refractivity contribution in [3.63, 3.8) is 0 Å². The highest BCUT2D eigenvalue weighted by Crippen LogP contribution is 2.35. The molecule has 1 saturated heterocycles. The smallest absolute Gasteiger partial charge is 0.408 e. The topological polar surface area (TPSA) is 98.3 Å². The fourth-order valence-corrected chi connectivity index (χ4v) is 4.57. The molecular weight excluding hydrogens is 453 g/mol. The van der Waals surface area contributed by atoms with Crippen molar-refractivity contribution >= 4 is 5.91 Å². The Balaban J connectivity index is 1.45. The Morgan fingerprint density at radius 2 is 2.00 bits per heavy atom. The lowest BCUT2D eigenvalue weighted by molar-refractivity contribution is -0.142. The summed E-state index contributed by atoms with van der Waals surface area (Å²) in [6, 6.07) is 7.61. The second kappa shape index (κ2) is 8.75. The summed E-state index contributed by atoms with van der Waals surface area (Å²) in [5, 5.41) is 17.4. The molecule has 9 nitrogen and oxygen atoms in total. The van der Waals surface area contributed by atoms with Gasteiger partial charge in [0.2, 0.25) is 5.91 Å². The largest absolute Gasteiger partial charge is 0.491 e. The molecule has 1 amide bonds. The molecule has 0 bridgehead atoms.